The van der Waals surface area contributed by atoms with E-state index in [1.54, 1.807) is 48.5 Å². The van der Waals surface area contributed by atoms with Crippen LogP contribution in [0, 0.1) is 0 Å². The van der Waals surface area contributed by atoms with Crippen molar-refractivity contribution in [1.29, 1.82) is 0 Å². The molecular formula is C23H14ClNO3S. The Kier molecular flexibility index (Phi) is 5.34. The van der Waals surface area contributed by atoms with Crippen LogP contribution >= 0.6 is 23.4 Å². The third kappa shape index (κ3) is 4.16. The third-order valence-electron chi connectivity index (χ3n) is 4.36. The predicted octanol–water partition coefficient (Wildman–Crippen LogP) is 5.15. The largest absolute Gasteiger partial charge is 0.289 e. The van der Waals surface area contributed by atoms with E-state index in [-0.39, 0.29) is 17.6 Å². The lowest BCUT2D eigenvalue weighted by molar-refractivity contribution is -0.119. The second-order valence-corrected chi connectivity index (χ2v) is 7.88. The average molecular weight is 420 g/mol. The van der Waals surface area contributed by atoms with Crippen LogP contribution in [0.25, 0.3) is 0 Å². The van der Waals surface area contributed by atoms with E-state index in [4.69, 9.17) is 11.6 Å². The van der Waals surface area contributed by atoms with Gasteiger partial charge in [0.25, 0.3) is 11.8 Å². The first kappa shape index (κ1) is 19.2. The first-order valence-electron chi connectivity index (χ1n) is 8.76. The molecule has 0 saturated carbocycles. The Morgan fingerprint density at radius 1 is 0.690 bits per heavy atom. The molecule has 0 N–H and O–H groups in total. The molecule has 6 heteroatoms. The van der Waals surface area contributed by atoms with Gasteiger partial charge in [-0.3, -0.25) is 14.4 Å². The number of hydrogen-bond donors (Lipinski definition) is 0. The first-order valence-corrected chi connectivity index (χ1v) is 9.95. The predicted molar refractivity (Wildman–Crippen MR) is 114 cm³/mol. The van der Waals surface area contributed by atoms with Gasteiger partial charge in [0.1, 0.15) is 0 Å². The van der Waals surface area contributed by atoms with Gasteiger partial charge in [-0.05, 0) is 72.8 Å². The highest BCUT2D eigenvalue weighted by molar-refractivity contribution is 7.99. The molecule has 142 valence electrons. The zero-order chi connectivity index (χ0) is 20.4. The summed E-state index contributed by atoms with van der Waals surface area (Å²) < 4.78 is 0. The summed E-state index contributed by atoms with van der Waals surface area (Å²) in [6.07, 6.45) is 2.52. The van der Waals surface area contributed by atoms with Gasteiger partial charge in [0.15, 0.2) is 5.78 Å². The minimum absolute atomic E-state index is 0.0591. The quantitative estimate of drug-likeness (QED) is 0.424. The summed E-state index contributed by atoms with van der Waals surface area (Å²) in [4.78, 5) is 39.1. The van der Waals surface area contributed by atoms with Crippen LogP contribution < -0.4 is 4.90 Å². The maximum absolute atomic E-state index is 12.5. The van der Waals surface area contributed by atoms with Crippen LogP contribution in [-0.2, 0) is 9.59 Å². The van der Waals surface area contributed by atoms with Crippen LogP contribution in [0.15, 0.2) is 94.7 Å². The lowest BCUT2D eigenvalue weighted by Gasteiger charge is -2.14. The molecule has 0 atom stereocenters. The summed E-state index contributed by atoms with van der Waals surface area (Å²) >= 11 is 7.39. The fraction of sp³-hybridized carbons (Fsp3) is 0. The Morgan fingerprint density at radius 3 is 1.66 bits per heavy atom. The van der Waals surface area contributed by atoms with Crippen molar-refractivity contribution < 1.29 is 14.4 Å². The van der Waals surface area contributed by atoms with Crippen molar-refractivity contribution in [2.75, 3.05) is 4.90 Å². The number of hydrogen-bond acceptors (Lipinski definition) is 4. The van der Waals surface area contributed by atoms with Gasteiger partial charge in [-0.25, -0.2) is 4.90 Å². The summed E-state index contributed by atoms with van der Waals surface area (Å²) in [6.45, 7) is 0. The molecule has 1 heterocycles. The number of benzene rings is 3. The molecule has 29 heavy (non-hydrogen) atoms. The van der Waals surface area contributed by atoms with Crippen molar-refractivity contribution in [3.63, 3.8) is 0 Å². The van der Waals surface area contributed by atoms with Crippen molar-refractivity contribution >= 4 is 46.6 Å². The summed E-state index contributed by atoms with van der Waals surface area (Å²) in [5.74, 6) is -0.733. The fourth-order valence-corrected chi connectivity index (χ4v) is 3.84. The van der Waals surface area contributed by atoms with Crippen LogP contribution in [0.3, 0.4) is 0 Å². The van der Waals surface area contributed by atoms with Crippen LogP contribution in [0.5, 0.6) is 0 Å². The highest BCUT2D eigenvalue weighted by Gasteiger charge is 2.24. The lowest BCUT2D eigenvalue weighted by Crippen LogP contribution is -2.29. The van der Waals surface area contributed by atoms with Gasteiger partial charge in [0.05, 0.1) is 5.69 Å². The number of rotatable bonds is 5. The van der Waals surface area contributed by atoms with E-state index < -0.39 is 0 Å². The van der Waals surface area contributed by atoms with E-state index in [1.807, 2.05) is 24.3 Å². The van der Waals surface area contributed by atoms with E-state index >= 15 is 0 Å². The van der Waals surface area contributed by atoms with Gasteiger partial charge in [-0.2, -0.15) is 0 Å². The number of imide groups is 1. The molecule has 0 unspecified atom stereocenters. The number of ketones is 1. The van der Waals surface area contributed by atoms with Crippen LogP contribution in [0.2, 0.25) is 5.02 Å². The molecule has 0 spiro atoms. The van der Waals surface area contributed by atoms with Crippen molar-refractivity contribution in [2.24, 2.45) is 0 Å². The van der Waals surface area contributed by atoms with Gasteiger partial charge in [0, 0.05) is 38.1 Å². The summed E-state index contributed by atoms with van der Waals surface area (Å²) in [5.41, 5.74) is 1.73. The average Bonchev–Trinajstić information content (AvgIpc) is 3.07. The van der Waals surface area contributed by atoms with E-state index in [1.165, 1.54) is 23.9 Å². The Morgan fingerprint density at radius 2 is 1.14 bits per heavy atom. The fourth-order valence-electron chi connectivity index (χ4n) is 2.90. The standard InChI is InChI=1S/C23H14ClNO3S/c24-17-5-1-15(2-6-17)23(28)16-3-9-19(10-4-16)29-20-11-7-18(8-12-20)25-21(26)13-14-22(25)27/h1-14H. The Labute approximate surface area is 176 Å². The number of amides is 2. The number of carbonyl (C=O) groups excluding carboxylic acids is 3. The summed E-state index contributed by atoms with van der Waals surface area (Å²) in [5, 5.41) is 0.592. The number of anilines is 1. The van der Waals surface area contributed by atoms with E-state index in [0.717, 1.165) is 14.7 Å². The maximum atomic E-state index is 12.5. The van der Waals surface area contributed by atoms with Crippen LogP contribution in [0.1, 0.15) is 15.9 Å². The molecule has 3 aromatic carbocycles. The number of carbonyl (C=O) groups is 3. The number of halogens is 1. The molecule has 2 amide bonds. The molecule has 0 aliphatic carbocycles. The summed E-state index contributed by atoms with van der Waals surface area (Å²) in [6, 6.07) is 21.4. The van der Waals surface area contributed by atoms with Gasteiger partial charge >= 0.3 is 0 Å². The molecule has 1 aliphatic rings. The Hall–Kier alpha value is -3.15. The normalized spacial score (nSPS) is 13.2. The molecule has 0 bridgehead atoms. The van der Waals surface area contributed by atoms with Crippen molar-refractivity contribution in [2.45, 2.75) is 9.79 Å². The molecule has 4 nitrogen and oxygen atoms in total. The highest BCUT2D eigenvalue weighted by atomic mass is 35.5. The van der Waals surface area contributed by atoms with E-state index in [2.05, 4.69) is 0 Å². The van der Waals surface area contributed by atoms with Gasteiger partial charge in [0.2, 0.25) is 0 Å². The molecular weight excluding hydrogens is 406 g/mol. The van der Waals surface area contributed by atoms with Crippen molar-refractivity contribution in [3.05, 3.63) is 101 Å². The minimum atomic E-state index is -0.337. The topological polar surface area (TPSA) is 54.5 Å². The van der Waals surface area contributed by atoms with Gasteiger partial charge in [-0.15, -0.1) is 0 Å². The third-order valence-corrected chi connectivity index (χ3v) is 5.63. The molecule has 1 aliphatic heterocycles. The Bertz CT molecular complexity index is 1100. The van der Waals surface area contributed by atoms with Crippen LogP contribution in [-0.4, -0.2) is 17.6 Å². The molecule has 4 rings (SSSR count). The minimum Gasteiger partial charge on any atom is -0.289 e. The van der Waals surface area contributed by atoms with E-state index in [0.29, 0.717) is 21.8 Å². The molecule has 3 aromatic rings. The molecule has 0 radical (unpaired) electrons. The summed E-state index contributed by atoms with van der Waals surface area (Å²) in [7, 11) is 0. The SMILES string of the molecule is O=C(c1ccc(Cl)cc1)c1ccc(Sc2ccc(N3C(=O)C=CC3=O)cc2)cc1. The van der Waals surface area contributed by atoms with E-state index in [9.17, 15) is 14.4 Å². The monoisotopic (exact) mass is 419 g/mol. The lowest BCUT2D eigenvalue weighted by atomic mass is 10.0. The number of nitrogens with zero attached hydrogens (tertiary/aromatic N) is 1. The highest BCUT2D eigenvalue weighted by Crippen LogP contribution is 2.30. The van der Waals surface area contributed by atoms with Crippen LogP contribution in [0.4, 0.5) is 5.69 Å². The smallest absolute Gasteiger partial charge is 0.258 e. The zero-order valence-electron chi connectivity index (χ0n) is 15.0. The maximum Gasteiger partial charge on any atom is 0.258 e. The van der Waals surface area contributed by atoms with Crippen molar-refractivity contribution in [3.8, 4) is 0 Å². The van der Waals surface area contributed by atoms with Crippen molar-refractivity contribution in [1.82, 2.24) is 0 Å². The first-order chi connectivity index (χ1) is 14.0. The van der Waals surface area contributed by atoms with Gasteiger partial charge < -0.3 is 0 Å². The molecule has 0 saturated heterocycles. The molecule has 0 aromatic heterocycles. The molecule has 0 fully saturated rings. The Balaban J connectivity index is 1.45. The van der Waals surface area contributed by atoms with Gasteiger partial charge in [-0.1, -0.05) is 23.4 Å². The zero-order valence-corrected chi connectivity index (χ0v) is 16.6. The second kappa shape index (κ2) is 8.07. The second-order valence-electron chi connectivity index (χ2n) is 6.30.